The number of aromatic nitrogens is 1. The number of aliphatic hydroxyl groups excluding tert-OH is 1. The smallest absolute Gasteiger partial charge is 0.254 e. The lowest BCUT2D eigenvalue weighted by Gasteiger charge is -2.46. The fourth-order valence-electron chi connectivity index (χ4n) is 4.95. The third-order valence-corrected chi connectivity index (χ3v) is 6.43. The van der Waals surface area contributed by atoms with Gasteiger partial charge in [-0.25, -0.2) is 0 Å². The molecule has 8 heteroatoms. The first-order valence-electron chi connectivity index (χ1n) is 10.0. The van der Waals surface area contributed by atoms with Gasteiger partial charge in [0.05, 0.1) is 6.61 Å². The molecule has 2 fully saturated rings. The first-order chi connectivity index (χ1) is 13.4. The van der Waals surface area contributed by atoms with Crippen molar-refractivity contribution in [3.8, 4) is 0 Å². The molecule has 0 aromatic carbocycles. The van der Waals surface area contributed by atoms with E-state index in [2.05, 4.69) is 0 Å². The molecule has 3 aliphatic heterocycles. The molecule has 4 rings (SSSR count). The Morgan fingerprint density at radius 3 is 2.57 bits per heavy atom. The van der Waals surface area contributed by atoms with E-state index in [4.69, 9.17) is 5.11 Å². The summed E-state index contributed by atoms with van der Waals surface area (Å²) in [5.41, 5.74) is -0.471. The van der Waals surface area contributed by atoms with Crippen LogP contribution in [0.15, 0.2) is 23.0 Å². The molecular formula is C20H27N3O5. The van der Waals surface area contributed by atoms with Gasteiger partial charge in [0.25, 0.3) is 11.5 Å². The van der Waals surface area contributed by atoms with Gasteiger partial charge in [0.2, 0.25) is 5.91 Å². The summed E-state index contributed by atoms with van der Waals surface area (Å²) in [4.78, 5) is 40.6. The van der Waals surface area contributed by atoms with Gasteiger partial charge in [-0.05, 0) is 18.4 Å². The Hall–Kier alpha value is -2.19. The lowest BCUT2D eigenvalue weighted by molar-refractivity contribution is -0.161. The molecule has 2 bridgehead atoms. The van der Waals surface area contributed by atoms with Crippen LogP contribution < -0.4 is 5.56 Å². The van der Waals surface area contributed by atoms with Crippen LogP contribution in [0.5, 0.6) is 0 Å². The second-order valence-electron chi connectivity index (χ2n) is 8.29. The predicted octanol–water partition coefficient (Wildman–Crippen LogP) is -0.470. The van der Waals surface area contributed by atoms with Gasteiger partial charge in [-0.3, -0.25) is 14.4 Å². The van der Waals surface area contributed by atoms with Crippen LogP contribution in [0.3, 0.4) is 0 Å². The zero-order valence-corrected chi connectivity index (χ0v) is 15.9. The van der Waals surface area contributed by atoms with Crippen molar-refractivity contribution in [2.24, 2.45) is 5.92 Å². The zero-order chi connectivity index (χ0) is 19.9. The van der Waals surface area contributed by atoms with Gasteiger partial charge in [-0.1, -0.05) is 6.07 Å². The van der Waals surface area contributed by atoms with Crippen LogP contribution in [-0.2, 0) is 16.1 Å². The number of nitrogens with zero attached hydrogens (tertiary/aromatic N) is 3. The fourth-order valence-corrected chi connectivity index (χ4v) is 4.95. The van der Waals surface area contributed by atoms with Gasteiger partial charge in [0, 0.05) is 69.7 Å². The number of piperidine rings is 2. The molecular weight excluding hydrogens is 362 g/mol. The van der Waals surface area contributed by atoms with Crippen molar-refractivity contribution in [3.63, 3.8) is 0 Å². The molecule has 3 aliphatic rings. The third-order valence-electron chi connectivity index (χ3n) is 6.43. The van der Waals surface area contributed by atoms with Crippen molar-refractivity contribution in [3.05, 3.63) is 34.2 Å². The number of amides is 2. The van der Waals surface area contributed by atoms with Crippen LogP contribution in [0, 0.1) is 5.92 Å². The number of pyridine rings is 1. The van der Waals surface area contributed by atoms with E-state index in [1.807, 2.05) is 10.6 Å². The highest BCUT2D eigenvalue weighted by Gasteiger charge is 2.45. The van der Waals surface area contributed by atoms with Gasteiger partial charge in [-0.2, -0.15) is 0 Å². The van der Waals surface area contributed by atoms with E-state index in [9.17, 15) is 19.5 Å². The summed E-state index contributed by atoms with van der Waals surface area (Å²) in [7, 11) is 0. The molecule has 28 heavy (non-hydrogen) atoms. The predicted molar refractivity (Wildman–Crippen MR) is 101 cm³/mol. The van der Waals surface area contributed by atoms with E-state index >= 15 is 0 Å². The Labute approximate surface area is 163 Å². The molecule has 1 aromatic rings. The first kappa shape index (κ1) is 19.1. The van der Waals surface area contributed by atoms with Gasteiger partial charge < -0.3 is 24.6 Å². The molecule has 2 N–H and O–H groups in total. The molecule has 2 atom stereocenters. The third kappa shape index (κ3) is 3.35. The van der Waals surface area contributed by atoms with Crippen LogP contribution in [-0.4, -0.2) is 74.8 Å². The number of hydrogen-bond acceptors (Lipinski definition) is 5. The minimum atomic E-state index is -1.45. The highest BCUT2D eigenvalue weighted by molar-refractivity contribution is 5.86. The number of likely N-dealkylation sites (tertiary alicyclic amines) is 2. The van der Waals surface area contributed by atoms with Crippen molar-refractivity contribution in [2.75, 3.05) is 32.8 Å². The lowest BCUT2D eigenvalue weighted by Crippen LogP contribution is -2.59. The summed E-state index contributed by atoms with van der Waals surface area (Å²) in [5, 5.41) is 19.9. The van der Waals surface area contributed by atoms with Crippen molar-refractivity contribution in [1.82, 2.24) is 14.4 Å². The molecule has 0 aliphatic carbocycles. The summed E-state index contributed by atoms with van der Waals surface area (Å²) in [6.07, 6.45) is 1.45. The van der Waals surface area contributed by atoms with E-state index in [0.29, 0.717) is 32.7 Å². The number of rotatable bonds is 3. The topological polar surface area (TPSA) is 103 Å². The van der Waals surface area contributed by atoms with Crippen molar-refractivity contribution in [2.45, 2.75) is 43.7 Å². The summed E-state index contributed by atoms with van der Waals surface area (Å²) < 4.78 is 1.82. The molecule has 0 unspecified atom stereocenters. The number of fused-ring (bicyclic) bond motifs is 4. The minimum absolute atomic E-state index is 0.00511. The van der Waals surface area contributed by atoms with Crippen LogP contribution in [0.1, 0.15) is 37.3 Å². The average Bonchev–Trinajstić information content (AvgIpc) is 2.69. The highest BCUT2D eigenvalue weighted by atomic mass is 16.3. The van der Waals surface area contributed by atoms with E-state index in [0.717, 1.165) is 12.1 Å². The summed E-state index contributed by atoms with van der Waals surface area (Å²) in [6, 6.07) is 5.29. The molecule has 2 saturated heterocycles. The number of carbonyl (C=O) groups is 2. The van der Waals surface area contributed by atoms with E-state index in [-0.39, 0.29) is 55.1 Å². The molecule has 152 valence electrons. The minimum Gasteiger partial charge on any atom is -0.396 e. The largest absolute Gasteiger partial charge is 0.396 e. The Morgan fingerprint density at radius 1 is 1.11 bits per heavy atom. The van der Waals surface area contributed by atoms with Crippen LogP contribution in [0.4, 0.5) is 0 Å². The number of carbonyl (C=O) groups excluding carboxylic acids is 2. The molecule has 0 radical (unpaired) electrons. The van der Waals surface area contributed by atoms with Crippen LogP contribution in [0.25, 0.3) is 0 Å². The van der Waals surface area contributed by atoms with Gasteiger partial charge in [0.1, 0.15) is 5.60 Å². The number of hydrogen-bond donors (Lipinski definition) is 2. The van der Waals surface area contributed by atoms with Gasteiger partial charge in [0.15, 0.2) is 0 Å². The van der Waals surface area contributed by atoms with Crippen molar-refractivity contribution >= 4 is 11.8 Å². The molecule has 1 aromatic heterocycles. The lowest BCUT2D eigenvalue weighted by atomic mass is 9.81. The van der Waals surface area contributed by atoms with Crippen molar-refractivity contribution < 1.29 is 19.8 Å². The molecule has 8 nitrogen and oxygen atoms in total. The van der Waals surface area contributed by atoms with Crippen molar-refractivity contribution in [1.29, 1.82) is 0 Å². The van der Waals surface area contributed by atoms with E-state index < -0.39 is 5.60 Å². The second-order valence-corrected chi connectivity index (χ2v) is 8.29. The molecule has 0 saturated carbocycles. The normalized spacial score (nSPS) is 25.9. The van der Waals surface area contributed by atoms with Gasteiger partial charge in [-0.15, -0.1) is 0 Å². The Morgan fingerprint density at radius 2 is 1.86 bits per heavy atom. The van der Waals surface area contributed by atoms with E-state index in [1.54, 1.807) is 21.9 Å². The maximum atomic E-state index is 13.2. The molecule has 0 spiro atoms. The van der Waals surface area contributed by atoms with Crippen LogP contribution >= 0.6 is 0 Å². The van der Waals surface area contributed by atoms with E-state index in [1.165, 1.54) is 0 Å². The van der Waals surface area contributed by atoms with Gasteiger partial charge >= 0.3 is 0 Å². The first-order valence-corrected chi connectivity index (χ1v) is 10.0. The Kier molecular flexibility index (Phi) is 5.01. The maximum absolute atomic E-state index is 13.2. The highest BCUT2D eigenvalue weighted by Crippen LogP contribution is 2.36. The summed E-state index contributed by atoms with van der Waals surface area (Å²) in [5.74, 6) is -0.0833. The zero-order valence-electron chi connectivity index (χ0n) is 15.9. The second kappa shape index (κ2) is 7.33. The summed E-state index contributed by atoms with van der Waals surface area (Å²) in [6.45, 7) is 2.11. The average molecular weight is 389 g/mol. The van der Waals surface area contributed by atoms with Crippen LogP contribution in [0.2, 0.25) is 0 Å². The number of aliphatic hydroxyl groups is 2. The maximum Gasteiger partial charge on any atom is 0.254 e. The summed E-state index contributed by atoms with van der Waals surface area (Å²) >= 11 is 0. The molecule has 2 amide bonds. The Bertz CT molecular complexity index is 827. The Balaban J connectivity index is 1.45. The molecule has 4 heterocycles. The SMILES string of the molecule is O=C(CCO)N1CCC(O)(C(=O)N2C[C@@H]3C[C@H](C2)c2cccc(=O)n2C3)CC1. The monoisotopic (exact) mass is 389 g/mol. The standard InChI is InChI=1S/C20H27N3O5/c24-9-4-17(25)21-7-5-20(28,6-8-21)19(27)22-11-14-10-15(13-22)16-2-1-3-18(26)23(16)12-14/h1-3,14-15,24,28H,4-13H2/t14-,15+/m0/s1. The quantitative estimate of drug-likeness (QED) is 0.728. The fraction of sp³-hybridized carbons (Fsp3) is 0.650.